The molecule has 7 heteroatoms. The summed E-state index contributed by atoms with van der Waals surface area (Å²) in [4.78, 5) is 11.7. The normalized spacial score (nSPS) is 13.8. The van der Waals surface area contributed by atoms with Gasteiger partial charge in [0, 0.05) is 24.8 Å². The highest BCUT2D eigenvalue weighted by Crippen LogP contribution is 2.21. The number of amides is 1. The van der Waals surface area contributed by atoms with Crippen LogP contribution in [0.15, 0.2) is 18.2 Å². The lowest BCUT2D eigenvalue weighted by molar-refractivity contribution is 0.0505. The van der Waals surface area contributed by atoms with E-state index in [1.807, 2.05) is 13.8 Å². The van der Waals surface area contributed by atoms with E-state index in [0.717, 1.165) is 0 Å². The predicted molar refractivity (Wildman–Crippen MR) is 98.7 cm³/mol. The standard InChI is InChI=1S/C19H31FN2O4/c1-13(8-9-23)21-12-15-10-16(20)6-7-17(15)25-14(2)11-22-18(24)26-19(3,4)5/h6-7,10,13-14,21,23H,8-9,11-12H2,1-5H3,(H,22,24)/t13-,14-/m0/s1. The van der Waals surface area contributed by atoms with Crippen molar-refractivity contribution < 1.29 is 23.8 Å². The van der Waals surface area contributed by atoms with Crippen molar-refractivity contribution >= 4 is 6.09 Å². The summed E-state index contributed by atoms with van der Waals surface area (Å²) in [7, 11) is 0. The van der Waals surface area contributed by atoms with Gasteiger partial charge in [0.05, 0.1) is 6.54 Å². The first-order valence-corrected chi connectivity index (χ1v) is 8.87. The van der Waals surface area contributed by atoms with Crippen LogP contribution < -0.4 is 15.4 Å². The summed E-state index contributed by atoms with van der Waals surface area (Å²) in [6.07, 6.45) is -0.213. The summed E-state index contributed by atoms with van der Waals surface area (Å²) >= 11 is 0. The number of nitrogens with one attached hydrogen (secondary N) is 2. The minimum absolute atomic E-state index is 0.0913. The number of hydrogen-bond donors (Lipinski definition) is 3. The summed E-state index contributed by atoms with van der Waals surface area (Å²) in [5, 5.41) is 14.8. The van der Waals surface area contributed by atoms with Gasteiger partial charge in [0.1, 0.15) is 23.3 Å². The van der Waals surface area contributed by atoms with Crippen LogP contribution in [0, 0.1) is 5.82 Å². The van der Waals surface area contributed by atoms with Crippen molar-refractivity contribution in [3.8, 4) is 5.75 Å². The molecule has 0 aromatic heterocycles. The third-order valence-electron chi connectivity index (χ3n) is 3.49. The monoisotopic (exact) mass is 370 g/mol. The van der Waals surface area contributed by atoms with Crippen molar-refractivity contribution in [2.75, 3.05) is 13.2 Å². The van der Waals surface area contributed by atoms with Crippen LogP contribution in [0.3, 0.4) is 0 Å². The van der Waals surface area contributed by atoms with Crippen LogP contribution in [0.4, 0.5) is 9.18 Å². The second-order valence-corrected chi connectivity index (χ2v) is 7.36. The molecule has 0 spiro atoms. The van der Waals surface area contributed by atoms with Crippen LogP contribution in [0.1, 0.15) is 46.6 Å². The second kappa shape index (κ2) is 10.3. The van der Waals surface area contributed by atoms with Gasteiger partial charge in [-0.3, -0.25) is 0 Å². The van der Waals surface area contributed by atoms with Gasteiger partial charge in [-0.25, -0.2) is 9.18 Å². The number of alkyl carbamates (subject to hydrolysis) is 1. The molecule has 1 aromatic rings. The smallest absolute Gasteiger partial charge is 0.407 e. The van der Waals surface area contributed by atoms with Gasteiger partial charge >= 0.3 is 6.09 Å². The molecule has 26 heavy (non-hydrogen) atoms. The maximum Gasteiger partial charge on any atom is 0.407 e. The fourth-order valence-corrected chi connectivity index (χ4v) is 2.18. The average molecular weight is 370 g/mol. The Balaban J connectivity index is 2.60. The first kappa shape index (κ1) is 22.2. The van der Waals surface area contributed by atoms with Gasteiger partial charge < -0.3 is 25.2 Å². The molecule has 1 aromatic carbocycles. The van der Waals surface area contributed by atoms with Crippen LogP contribution >= 0.6 is 0 Å². The van der Waals surface area contributed by atoms with E-state index in [9.17, 15) is 9.18 Å². The fourth-order valence-electron chi connectivity index (χ4n) is 2.18. The highest BCUT2D eigenvalue weighted by molar-refractivity contribution is 5.67. The minimum Gasteiger partial charge on any atom is -0.489 e. The molecule has 0 saturated heterocycles. The van der Waals surface area contributed by atoms with Crippen molar-refractivity contribution in [2.24, 2.45) is 0 Å². The van der Waals surface area contributed by atoms with Gasteiger partial charge in [0.2, 0.25) is 0 Å². The van der Waals surface area contributed by atoms with Gasteiger partial charge in [0.15, 0.2) is 0 Å². The van der Waals surface area contributed by atoms with Gasteiger partial charge in [-0.2, -0.15) is 0 Å². The largest absolute Gasteiger partial charge is 0.489 e. The molecular weight excluding hydrogens is 339 g/mol. The van der Waals surface area contributed by atoms with E-state index >= 15 is 0 Å². The molecule has 1 amide bonds. The first-order chi connectivity index (χ1) is 12.1. The number of hydrogen-bond acceptors (Lipinski definition) is 5. The summed E-state index contributed by atoms with van der Waals surface area (Å²) in [5.41, 5.74) is 0.119. The third kappa shape index (κ3) is 9.01. The predicted octanol–water partition coefficient (Wildman–Crippen LogP) is 2.98. The number of benzene rings is 1. The zero-order chi connectivity index (χ0) is 19.7. The number of carbonyl (C=O) groups excluding carboxylic acids is 1. The molecule has 3 N–H and O–H groups in total. The second-order valence-electron chi connectivity index (χ2n) is 7.36. The number of aliphatic hydroxyl groups excluding tert-OH is 1. The van der Waals surface area contributed by atoms with Gasteiger partial charge in [0.25, 0.3) is 0 Å². The van der Waals surface area contributed by atoms with Gasteiger partial charge in [-0.15, -0.1) is 0 Å². The molecule has 0 saturated carbocycles. The van der Waals surface area contributed by atoms with Crippen molar-refractivity contribution in [1.82, 2.24) is 10.6 Å². The summed E-state index contributed by atoms with van der Waals surface area (Å²) < 4.78 is 24.6. The van der Waals surface area contributed by atoms with Crippen molar-refractivity contribution in [3.63, 3.8) is 0 Å². The Morgan fingerprint density at radius 1 is 1.31 bits per heavy atom. The summed E-state index contributed by atoms with van der Waals surface area (Å²) in [6.45, 7) is 9.91. The van der Waals surface area contributed by atoms with E-state index < -0.39 is 11.7 Å². The Kier molecular flexibility index (Phi) is 8.81. The molecular formula is C19H31FN2O4. The Labute approximate surface area is 155 Å². The first-order valence-electron chi connectivity index (χ1n) is 8.87. The van der Waals surface area contributed by atoms with Gasteiger partial charge in [-0.05, 0) is 59.2 Å². The molecule has 0 radical (unpaired) electrons. The molecule has 2 atom stereocenters. The highest BCUT2D eigenvalue weighted by Gasteiger charge is 2.17. The summed E-state index contributed by atoms with van der Waals surface area (Å²) in [5.74, 6) is 0.206. The number of halogens is 1. The van der Waals surface area contributed by atoms with E-state index in [1.54, 1.807) is 26.8 Å². The zero-order valence-electron chi connectivity index (χ0n) is 16.3. The van der Waals surface area contributed by atoms with E-state index in [4.69, 9.17) is 14.6 Å². The molecule has 0 fully saturated rings. The van der Waals surface area contributed by atoms with E-state index in [1.165, 1.54) is 12.1 Å². The Bertz CT molecular complexity index is 575. The molecule has 0 aliphatic rings. The maximum atomic E-state index is 13.6. The van der Waals surface area contributed by atoms with E-state index in [2.05, 4.69) is 10.6 Å². The Hall–Kier alpha value is -1.86. The highest BCUT2D eigenvalue weighted by atomic mass is 19.1. The lowest BCUT2D eigenvalue weighted by Crippen LogP contribution is -2.37. The lowest BCUT2D eigenvalue weighted by Gasteiger charge is -2.22. The number of ether oxygens (including phenoxy) is 2. The Morgan fingerprint density at radius 2 is 2.00 bits per heavy atom. The van der Waals surface area contributed by atoms with Crippen molar-refractivity contribution in [1.29, 1.82) is 0 Å². The molecule has 6 nitrogen and oxygen atoms in total. The molecule has 1 rings (SSSR count). The molecule has 0 aliphatic carbocycles. The minimum atomic E-state index is -0.560. The third-order valence-corrected chi connectivity index (χ3v) is 3.49. The molecule has 0 heterocycles. The van der Waals surface area contributed by atoms with Crippen LogP contribution in [-0.2, 0) is 11.3 Å². The van der Waals surface area contributed by atoms with Gasteiger partial charge in [-0.1, -0.05) is 0 Å². The average Bonchev–Trinajstić information content (AvgIpc) is 2.52. The lowest BCUT2D eigenvalue weighted by atomic mass is 10.1. The molecule has 148 valence electrons. The fraction of sp³-hybridized carbons (Fsp3) is 0.632. The van der Waals surface area contributed by atoms with Crippen LogP contribution in [0.5, 0.6) is 5.75 Å². The van der Waals surface area contributed by atoms with Crippen LogP contribution in [0.2, 0.25) is 0 Å². The number of carbonyl (C=O) groups is 1. The molecule has 0 bridgehead atoms. The SMILES string of the molecule is C[C@@H](CCO)NCc1cc(F)ccc1O[C@@H](C)CNC(=O)OC(C)(C)C. The quantitative estimate of drug-likeness (QED) is 0.623. The zero-order valence-corrected chi connectivity index (χ0v) is 16.3. The number of rotatable bonds is 9. The summed E-state index contributed by atoms with van der Waals surface area (Å²) in [6, 6.07) is 4.43. The van der Waals surface area contributed by atoms with E-state index in [0.29, 0.717) is 24.3 Å². The van der Waals surface area contributed by atoms with Crippen molar-refractivity contribution in [2.45, 2.75) is 65.3 Å². The van der Waals surface area contributed by atoms with Crippen molar-refractivity contribution in [3.05, 3.63) is 29.6 Å². The molecule has 0 unspecified atom stereocenters. The van der Waals surface area contributed by atoms with E-state index in [-0.39, 0.29) is 31.1 Å². The Morgan fingerprint density at radius 3 is 2.62 bits per heavy atom. The number of aliphatic hydroxyl groups is 1. The van der Waals surface area contributed by atoms with Crippen LogP contribution in [-0.4, -0.2) is 42.1 Å². The maximum absolute atomic E-state index is 13.6. The van der Waals surface area contributed by atoms with Crippen LogP contribution in [0.25, 0.3) is 0 Å². The topological polar surface area (TPSA) is 79.8 Å². The molecule has 0 aliphatic heterocycles.